The topological polar surface area (TPSA) is 49.4 Å². The van der Waals surface area contributed by atoms with Crippen LogP contribution in [-0.4, -0.2) is 36.3 Å². The molecule has 0 radical (unpaired) electrons. The largest absolute Gasteiger partial charge is 0.352 e. The Kier molecular flexibility index (Phi) is 4.55. The third-order valence-corrected chi connectivity index (χ3v) is 3.32. The van der Waals surface area contributed by atoms with Gasteiger partial charge in [-0.15, -0.1) is 0 Å². The molecule has 1 fully saturated rings. The summed E-state index contributed by atoms with van der Waals surface area (Å²) in [6, 6.07) is 6.91. The summed E-state index contributed by atoms with van der Waals surface area (Å²) in [5, 5.41) is 2.82. The summed E-state index contributed by atoms with van der Waals surface area (Å²) in [6.07, 6.45) is 3.09. The Labute approximate surface area is 113 Å². The molecule has 19 heavy (non-hydrogen) atoms. The SMILES string of the molecule is CCCNC(=O)c1ccc(C(=O)N2CCCC2)cc1. The molecule has 0 aliphatic carbocycles. The van der Waals surface area contributed by atoms with Crippen LogP contribution in [0.5, 0.6) is 0 Å². The fourth-order valence-electron chi connectivity index (χ4n) is 2.21. The average molecular weight is 260 g/mol. The van der Waals surface area contributed by atoms with E-state index in [9.17, 15) is 9.59 Å². The van der Waals surface area contributed by atoms with Crippen molar-refractivity contribution in [2.45, 2.75) is 26.2 Å². The fourth-order valence-corrected chi connectivity index (χ4v) is 2.21. The second-order valence-electron chi connectivity index (χ2n) is 4.83. The number of hydrogen-bond donors (Lipinski definition) is 1. The number of amides is 2. The Hall–Kier alpha value is -1.84. The van der Waals surface area contributed by atoms with Gasteiger partial charge in [0.05, 0.1) is 0 Å². The molecule has 4 nitrogen and oxygen atoms in total. The number of benzene rings is 1. The van der Waals surface area contributed by atoms with Crippen LogP contribution in [0.2, 0.25) is 0 Å². The second kappa shape index (κ2) is 6.36. The van der Waals surface area contributed by atoms with Gasteiger partial charge in [0.15, 0.2) is 0 Å². The maximum absolute atomic E-state index is 12.1. The summed E-state index contributed by atoms with van der Waals surface area (Å²) in [4.78, 5) is 25.7. The molecule has 1 saturated heterocycles. The van der Waals surface area contributed by atoms with Crippen molar-refractivity contribution in [3.63, 3.8) is 0 Å². The first-order chi connectivity index (χ1) is 9.22. The van der Waals surface area contributed by atoms with Gasteiger partial charge in [0, 0.05) is 30.8 Å². The lowest BCUT2D eigenvalue weighted by atomic mass is 10.1. The van der Waals surface area contributed by atoms with E-state index >= 15 is 0 Å². The van der Waals surface area contributed by atoms with Gasteiger partial charge >= 0.3 is 0 Å². The Morgan fingerprint density at radius 1 is 1.11 bits per heavy atom. The summed E-state index contributed by atoms with van der Waals surface area (Å²) in [5.41, 5.74) is 1.26. The van der Waals surface area contributed by atoms with Gasteiger partial charge in [0.1, 0.15) is 0 Å². The molecule has 1 aromatic carbocycles. The zero-order valence-electron chi connectivity index (χ0n) is 11.3. The van der Waals surface area contributed by atoms with E-state index in [-0.39, 0.29) is 11.8 Å². The molecule has 0 aromatic heterocycles. The highest BCUT2D eigenvalue weighted by atomic mass is 16.2. The van der Waals surface area contributed by atoms with Crippen molar-refractivity contribution >= 4 is 11.8 Å². The number of likely N-dealkylation sites (tertiary alicyclic amines) is 1. The van der Waals surface area contributed by atoms with Crippen molar-refractivity contribution in [2.24, 2.45) is 0 Å². The number of nitrogens with one attached hydrogen (secondary N) is 1. The van der Waals surface area contributed by atoms with Crippen molar-refractivity contribution in [2.75, 3.05) is 19.6 Å². The first-order valence-electron chi connectivity index (χ1n) is 6.90. The fraction of sp³-hybridized carbons (Fsp3) is 0.467. The lowest BCUT2D eigenvalue weighted by molar-refractivity contribution is 0.0792. The maximum Gasteiger partial charge on any atom is 0.253 e. The van der Waals surface area contributed by atoms with Crippen molar-refractivity contribution < 1.29 is 9.59 Å². The molecule has 0 bridgehead atoms. The molecule has 1 aromatic rings. The summed E-state index contributed by atoms with van der Waals surface area (Å²) in [5.74, 6) is -0.0139. The van der Waals surface area contributed by atoms with Crippen LogP contribution in [0.1, 0.15) is 46.9 Å². The quantitative estimate of drug-likeness (QED) is 0.901. The highest BCUT2D eigenvalue weighted by Gasteiger charge is 2.19. The Morgan fingerprint density at radius 2 is 1.68 bits per heavy atom. The lowest BCUT2D eigenvalue weighted by Crippen LogP contribution is -2.28. The van der Waals surface area contributed by atoms with E-state index in [1.54, 1.807) is 24.3 Å². The summed E-state index contributed by atoms with van der Waals surface area (Å²) in [6.45, 7) is 4.38. The monoisotopic (exact) mass is 260 g/mol. The van der Waals surface area contributed by atoms with E-state index in [1.165, 1.54) is 0 Å². The molecule has 1 heterocycles. The number of hydrogen-bond acceptors (Lipinski definition) is 2. The number of carbonyl (C=O) groups excluding carboxylic acids is 2. The Morgan fingerprint density at radius 3 is 2.26 bits per heavy atom. The molecule has 0 atom stereocenters. The number of nitrogens with zero attached hydrogens (tertiary/aromatic N) is 1. The van der Waals surface area contributed by atoms with Crippen LogP contribution in [0.15, 0.2) is 24.3 Å². The third-order valence-electron chi connectivity index (χ3n) is 3.32. The molecule has 1 N–H and O–H groups in total. The molecule has 1 aliphatic rings. The zero-order valence-corrected chi connectivity index (χ0v) is 11.3. The number of rotatable bonds is 4. The Balaban J connectivity index is 2.01. The van der Waals surface area contributed by atoms with E-state index in [4.69, 9.17) is 0 Å². The molecule has 4 heteroatoms. The van der Waals surface area contributed by atoms with E-state index in [0.717, 1.165) is 32.4 Å². The normalized spacial score (nSPS) is 14.5. The van der Waals surface area contributed by atoms with Crippen LogP contribution in [0.3, 0.4) is 0 Å². The van der Waals surface area contributed by atoms with Crippen LogP contribution in [0.4, 0.5) is 0 Å². The molecule has 2 amide bonds. The molecule has 102 valence electrons. The maximum atomic E-state index is 12.1. The van der Waals surface area contributed by atoms with Crippen LogP contribution in [0.25, 0.3) is 0 Å². The zero-order chi connectivity index (χ0) is 13.7. The van der Waals surface area contributed by atoms with E-state index < -0.39 is 0 Å². The van der Waals surface area contributed by atoms with Gasteiger partial charge in [-0.25, -0.2) is 0 Å². The van der Waals surface area contributed by atoms with Crippen LogP contribution >= 0.6 is 0 Å². The lowest BCUT2D eigenvalue weighted by Gasteiger charge is -2.15. The predicted octanol–water partition coefficient (Wildman–Crippen LogP) is 2.06. The van der Waals surface area contributed by atoms with Crippen molar-refractivity contribution in [3.05, 3.63) is 35.4 Å². The van der Waals surface area contributed by atoms with Gasteiger partial charge in [-0.2, -0.15) is 0 Å². The van der Waals surface area contributed by atoms with Crippen molar-refractivity contribution in [3.8, 4) is 0 Å². The first-order valence-corrected chi connectivity index (χ1v) is 6.90. The Bertz CT molecular complexity index is 448. The molecule has 2 rings (SSSR count). The van der Waals surface area contributed by atoms with Gasteiger partial charge in [0.2, 0.25) is 0 Å². The van der Waals surface area contributed by atoms with Gasteiger partial charge in [0.25, 0.3) is 11.8 Å². The van der Waals surface area contributed by atoms with Crippen LogP contribution in [-0.2, 0) is 0 Å². The van der Waals surface area contributed by atoms with E-state index in [2.05, 4.69) is 5.32 Å². The minimum atomic E-state index is -0.0815. The molecule has 1 aliphatic heterocycles. The van der Waals surface area contributed by atoms with E-state index in [1.807, 2.05) is 11.8 Å². The van der Waals surface area contributed by atoms with Crippen LogP contribution < -0.4 is 5.32 Å². The summed E-state index contributed by atoms with van der Waals surface area (Å²) >= 11 is 0. The standard InChI is InChI=1S/C15H20N2O2/c1-2-9-16-14(18)12-5-7-13(8-6-12)15(19)17-10-3-4-11-17/h5-8H,2-4,9-11H2,1H3,(H,16,18). The van der Waals surface area contributed by atoms with Gasteiger partial charge in [-0.3, -0.25) is 9.59 Å². The van der Waals surface area contributed by atoms with Gasteiger partial charge in [-0.05, 0) is 43.5 Å². The minimum Gasteiger partial charge on any atom is -0.352 e. The molecule has 0 unspecified atom stereocenters. The summed E-state index contributed by atoms with van der Waals surface area (Å²) < 4.78 is 0. The minimum absolute atomic E-state index is 0.0676. The molecular weight excluding hydrogens is 240 g/mol. The smallest absolute Gasteiger partial charge is 0.253 e. The highest BCUT2D eigenvalue weighted by molar-refractivity contribution is 5.97. The average Bonchev–Trinajstić information content (AvgIpc) is 2.98. The van der Waals surface area contributed by atoms with Crippen molar-refractivity contribution in [1.29, 1.82) is 0 Å². The number of carbonyl (C=O) groups is 2. The molecule has 0 saturated carbocycles. The highest BCUT2D eigenvalue weighted by Crippen LogP contribution is 2.13. The van der Waals surface area contributed by atoms with Crippen molar-refractivity contribution in [1.82, 2.24) is 10.2 Å². The van der Waals surface area contributed by atoms with Crippen LogP contribution in [0, 0.1) is 0 Å². The summed E-state index contributed by atoms with van der Waals surface area (Å²) in [7, 11) is 0. The third kappa shape index (κ3) is 3.34. The first kappa shape index (κ1) is 13.6. The predicted molar refractivity (Wildman–Crippen MR) is 74.2 cm³/mol. The van der Waals surface area contributed by atoms with Gasteiger partial charge in [-0.1, -0.05) is 6.92 Å². The molecular formula is C15H20N2O2. The van der Waals surface area contributed by atoms with Gasteiger partial charge < -0.3 is 10.2 Å². The van der Waals surface area contributed by atoms with E-state index in [0.29, 0.717) is 17.7 Å². The second-order valence-corrected chi connectivity index (χ2v) is 4.83. The molecule has 0 spiro atoms.